The van der Waals surface area contributed by atoms with Crippen LogP contribution in [0.15, 0.2) is 78.7 Å². The lowest BCUT2D eigenvalue weighted by molar-refractivity contribution is 0.489. The van der Waals surface area contributed by atoms with Gasteiger partial charge in [0.1, 0.15) is 11.4 Å². The summed E-state index contributed by atoms with van der Waals surface area (Å²) in [5.41, 5.74) is 6.28. The van der Waals surface area contributed by atoms with Crippen LogP contribution in [-0.4, -0.2) is 26.7 Å². The highest BCUT2D eigenvalue weighted by Crippen LogP contribution is 2.32. The molecule has 0 amide bonds. The van der Waals surface area contributed by atoms with Gasteiger partial charge >= 0.3 is 0 Å². The maximum atomic E-state index is 16.0. The van der Waals surface area contributed by atoms with Crippen LogP contribution in [0.25, 0.3) is 33.4 Å². The van der Waals surface area contributed by atoms with Crippen molar-refractivity contribution >= 4 is 33.5 Å². The Bertz CT molecular complexity index is 1570. The van der Waals surface area contributed by atoms with Crippen LogP contribution in [0, 0.1) is 11.7 Å². The summed E-state index contributed by atoms with van der Waals surface area (Å²) in [4.78, 5) is 9.92. The van der Waals surface area contributed by atoms with E-state index in [0.717, 1.165) is 39.7 Å². The van der Waals surface area contributed by atoms with E-state index in [1.807, 2.05) is 43.6 Å². The summed E-state index contributed by atoms with van der Waals surface area (Å²) < 4.78 is 16.0. The van der Waals surface area contributed by atoms with Crippen LogP contribution in [0.1, 0.15) is 55.7 Å². The van der Waals surface area contributed by atoms with Gasteiger partial charge in [-0.1, -0.05) is 44.2 Å². The average molecular weight is 555 g/mol. The summed E-state index contributed by atoms with van der Waals surface area (Å²) in [5.74, 6) is 0.299. The number of allylic oxidation sites excluding steroid dienone is 5. The topological polar surface area (TPSA) is 78.5 Å². The Morgan fingerprint density at radius 2 is 2.05 bits per heavy atom. The van der Waals surface area contributed by atoms with Gasteiger partial charge in [-0.3, -0.25) is 15.1 Å². The van der Waals surface area contributed by atoms with Crippen molar-refractivity contribution in [3.05, 3.63) is 101 Å². The zero-order valence-electron chi connectivity index (χ0n) is 23.1. The Balaban J connectivity index is 1.38. The molecule has 8 heteroatoms. The molecule has 0 aromatic carbocycles. The first kappa shape index (κ1) is 27.7. The molecule has 40 heavy (non-hydrogen) atoms. The summed E-state index contributed by atoms with van der Waals surface area (Å²) >= 11 is 1.66. The Kier molecular flexibility index (Phi) is 8.67. The number of halogens is 1. The molecule has 6 nitrogen and oxygen atoms in total. The highest BCUT2D eigenvalue weighted by atomic mass is 32.1. The van der Waals surface area contributed by atoms with Gasteiger partial charge in [-0.2, -0.15) is 5.10 Å². The number of nitrogens with one attached hydrogen (secondary N) is 3. The molecule has 4 aromatic rings. The van der Waals surface area contributed by atoms with Crippen molar-refractivity contribution in [1.82, 2.24) is 30.8 Å². The van der Waals surface area contributed by atoms with Crippen LogP contribution in [0.5, 0.6) is 0 Å². The number of rotatable bonds is 11. The molecule has 0 unspecified atom stereocenters. The number of aromatic amines is 1. The van der Waals surface area contributed by atoms with Crippen molar-refractivity contribution in [1.29, 1.82) is 0 Å². The number of fused-ring (bicyclic) bond motifs is 1. The number of aromatic nitrogens is 4. The standard InChI is InChI=1S/C32H35FN6S/c1-5-9-26(28-12-8-13-40-28)20(2)21(3)37-22(4)31-29-27(38-39-31)19-36-32(30(29)33)25-14-24(17-35-18-25)16-34-15-23-10-6-7-11-23/h5,8-9,12-14,17-19,23,34,37H,1,4,6-7,10-11,15-16H2,2-3H3,(H,38,39)/b21-20+,26-9+. The van der Waals surface area contributed by atoms with Crippen LogP contribution in [0.4, 0.5) is 4.39 Å². The van der Waals surface area contributed by atoms with E-state index in [9.17, 15) is 0 Å². The molecular weight excluding hydrogens is 519 g/mol. The number of H-pyrrole nitrogens is 1. The summed E-state index contributed by atoms with van der Waals surface area (Å²) in [7, 11) is 0. The minimum Gasteiger partial charge on any atom is -0.358 e. The Labute approximate surface area is 238 Å². The van der Waals surface area contributed by atoms with Crippen LogP contribution in [-0.2, 0) is 6.54 Å². The van der Waals surface area contributed by atoms with Gasteiger partial charge in [-0.25, -0.2) is 4.39 Å². The summed E-state index contributed by atoms with van der Waals surface area (Å²) in [6.45, 7) is 13.8. The average Bonchev–Trinajstić information content (AvgIpc) is 3.74. The quantitative estimate of drug-likeness (QED) is 0.166. The van der Waals surface area contributed by atoms with E-state index in [0.29, 0.717) is 34.4 Å². The minimum atomic E-state index is -0.453. The lowest BCUT2D eigenvalue weighted by Gasteiger charge is -2.14. The molecule has 5 rings (SSSR count). The number of hydrogen-bond acceptors (Lipinski definition) is 6. The zero-order valence-corrected chi connectivity index (χ0v) is 23.9. The van der Waals surface area contributed by atoms with Crippen LogP contribution in [0.3, 0.4) is 0 Å². The van der Waals surface area contributed by atoms with E-state index in [-0.39, 0.29) is 5.69 Å². The number of thiophene rings is 1. The van der Waals surface area contributed by atoms with Gasteiger partial charge in [-0.05, 0) is 73.4 Å². The van der Waals surface area contributed by atoms with Gasteiger partial charge in [0.15, 0.2) is 5.82 Å². The third-order valence-electron chi connectivity index (χ3n) is 7.51. The van der Waals surface area contributed by atoms with Crippen molar-refractivity contribution in [3.8, 4) is 11.3 Å². The molecule has 0 radical (unpaired) electrons. The third kappa shape index (κ3) is 5.98. The molecule has 4 heterocycles. The van der Waals surface area contributed by atoms with Crippen molar-refractivity contribution < 1.29 is 4.39 Å². The second kappa shape index (κ2) is 12.5. The Morgan fingerprint density at radius 3 is 2.80 bits per heavy atom. The zero-order chi connectivity index (χ0) is 28.1. The van der Waals surface area contributed by atoms with E-state index in [1.54, 1.807) is 29.8 Å². The lowest BCUT2D eigenvalue weighted by Crippen LogP contribution is -2.20. The van der Waals surface area contributed by atoms with Gasteiger partial charge in [-0.15, -0.1) is 11.3 Å². The highest BCUT2D eigenvalue weighted by molar-refractivity contribution is 7.11. The van der Waals surface area contributed by atoms with Crippen LogP contribution in [0.2, 0.25) is 0 Å². The maximum absolute atomic E-state index is 16.0. The van der Waals surface area contributed by atoms with E-state index in [2.05, 4.69) is 50.0 Å². The van der Waals surface area contributed by atoms with Gasteiger partial charge in [0.25, 0.3) is 0 Å². The fraction of sp³-hybridized carbons (Fsp3) is 0.281. The first-order valence-electron chi connectivity index (χ1n) is 13.6. The first-order valence-corrected chi connectivity index (χ1v) is 14.5. The molecule has 1 saturated carbocycles. The molecule has 3 N–H and O–H groups in total. The summed E-state index contributed by atoms with van der Waals surface area (Å²) in [6, 6.07) is 6.05. The van der Waals surface area contributed by atoms with Crippen molar-refractivity contribution in [2.45, 2.75) is 46.1 Å². The van der Waals surface area contributed by atoms with Crippen molar-refractivity contribution in [2.75, 3.05) is 6.54 Å². The predicted molar refractivity (Wildman–Crippen MR) is 164 cm³/mol. The minimum absolute atomic E-state index is 0.241. The SMILES string of the molecule is C=C/C=C(\C(C)=C(/C)NC(=C)c1n[nH]c2cnc(-c3cncc(CNCC4CCCC4)c3)c(F)c12)c1cccs1. The second-order valence-electron chi connectivity index (χ2n) is 10.3. The monoisotopic (exact) mass is 554 g/mol. The van der Waals surface area contributed by atoms with E-state index < -0.39 is 5.82 Å². The van der Waals surface area contributed by atoms with Gasteiger partial charge in [0.05, 0.1) is 22.8 Å². The molecule has 0 spiro atoms. The second-order valence-corrected chi connectivity index (χ2v) is 11.2. The summed E-state index contributed by atoms with van der Waals surface area (Å²) in [6.07, 6.45) is 14.1. The van der Waals surface area contributed by atoms with E-state index in [1.165, 1.54) is 25.7 Å². The molecule has 1 aliphatic rings. The number of pyridine rings is 2. The van der Waals surface area contributed by atoms with Gasteiger partial charge in [0, 0.05) is 35.1 Å². The molecule has 206 valence electrons. The van der Waals surface area contributed by atoms with Crippen molar-refractivity contribution in [3.63, 3.8) is 0 Å². The summed E-state index contributed by atoms with van der Waals surface area (Å²) in [5, 5.41) is 16.6. The van der Waals surface area contributed by atoms with Gasteiger partial charge in [0.2, 0.25) is 0 Å². The van der Waals surface area contributed by atoms with E-state index >= 15 is 4.39 Å². The number of nitrogens with zero attached hydrogens (tertiary/aromatic N) is 3. The fourth-order valence-corrected chi connectivity index (χ4v) is 6.08. The Hall–Kier alpha value is -3.88. The largest absolute Gasteiger partial charge is 0.358 e. The maximum Gasteiger partial charge on any atom is 0.161 e. The van der Waals surface area contributed by atoms with Crippen LogP contribution < -0.4 is 10.6 Å². The normalized spacial score (nSPS) is 14.9. The highest BCUT2D eigenvalue weighted by Gasteiger charge is 2.20. The lowest BCUT2D eigenvalue weighted by atomic mass is 10.0. The molecule has 0 saturated heterocycles. The molecule has 4 aromatic heterocycles. The smallest absolute Gasteiger partial charge is 0.161 e. The molecule has 0 atom stereocenters. The fourth-order valence-electron chi connectivity index (χ4n) is 5.27. The predicted octanol–water partition coefficient (Wildman–Crippen LogP) is 7.62. The Morgan fingerprint density at radius 1 is 1.23 bits per heavy atom. The van der Waals surface area contributed by atoms with Crippen molar-refractivity contribution in [2.24, 2.45) is 5.92 Å². The van der Waals surface area contributed by atoms with E-state index in [4.69, 9.17) is 0 Å². The third-order valence-corrected chi connectivity index (χ3v) is 8.41. The molecule has 0 bridgehead atoms. The number of hydrogen-bond donors (Lipinski definition) is 3. The molecule has 1 fully saturated rings. The first-order chi connectivity index (χ1) is 19.5. The van der Waals surface area contributed by atoms with Crippen LogP contribution >= 0.6 is 11.3 Å². The molecular formula is C32H35FN6S. The van der Waals surface area contributed by atoms with Gasteiger partial charge < -0.3 is 10.6 Å². The molecule has 0 aliphatic heterocycles. The molecule has 1 aliphatic carbocycles.